The zero-order valence-corrected chi connectivity index (χ0v) is 17.7. The monoisotopic (exact) mass is 448 g/mol. The van der Waals surface area contributed by atoms with Crippen molar-refractivity contribution in [2.24, 2.45) is 0 Å². The summed E-state index contributed by atoms with van der Waals surface area (Å²) in [4.78, 5) is 16.9. The summed E-state index contributed by atoms with van der Waals surface area (Å²) in [7, 11) is 1.73. The molecule has 2 aromatic carbocycles. The molecule has 0 radical (unpaired) electrons. The zero-order chi connectivity index (χ0) is 22.6. The molecule has 1 aliphatic carbocycles. The molecule has 2 heterocycles. The Morgan fingerprint density at radius 3 is 2.44 bits per heavy atom. The molecule has 0 spiro atoms. The molecule has 32 heavy (non-hydrogen) atoms. The third kappa shape index (κ3) is 3.74. The number of fused-ring (bicyclic) bond motifs is 2. The van der Waals surface area contributed by atoms with Gasteiger partial charge in [0, 0.05) is 50.7 Å². The van der Waals surface area contributed by atoms with Gasteiger partial charge in [0.15, 0.2) is 0 Å². The van der Waals surface area contributed by atoms with Crippen molar-refractivity contribution < 1.29 is 27.1 Å². The highest BCUT2D eigenvalue weighted by Gasteiger charge is 2.46. The minimum atomic E-state index is -2.59. The minimum Gasteiger partial charge on any atom is -0.486 e. The lowest BCUT2D eigenvalue weighted by Gasteiger charge is -2.34. The minimum absolute atomic E-state index is 0.0489. The molecule has 1 saturated carbocycles. The van der Waals surface area contributed by atoms with Crippen LogP contribution >= 0.6 is 0 Å². The highest BCUT2D eigenvalue weighted by atomic mass is 19.3. The van der Waals surface area contributed by atoms with Crippen molar-refractivity contribution in [3.8, 4) is 16.9 Å². The highest BCUT2D eigenvalue weighted by Crippen LogP contribution is 2.39. The summed E-state index contributed by atoms with van der Waals surface area (Å²) >= 11 is 0. The third-order valence-electron chi connectivity index (χ3n) is 7.02. The summed E-state index contributed by atoms with van der Waals surface area (Å²) in [6.07, 6.45) is 0.299. The molecule has 8 heteroatoms. The maximum absolute atomic E-state index is 14.3. The number of hydrogen-bond acceptors (Lipinski definition) is 3. The Morgan fingerprint density at radius 2 is 1.72 bits per heavy atom. The van der Waals surface area contributed by atoms with Gasteiger partial charge in [0.25, 0.3) is 5.91 Å². The molecular weight excluding hydrogens is 424 g/mol. The topological polar surface area (TPSA) is 32.8 Å². The standard InChI is InChI=1S/C24H24F4N2O2/c1-29-20-12-30(16-6-8-24(27,28)9-7-16)13-22(20)32-21-10-14(2-4-18(21)23(29)31)17-5-3-15(25)11-19(17)26/h2-5,10-11,16,20,22H,6-9,12-13H2,1H3. The van der Waals surface area contributed by atoms with Crippen LogP contribution in [0.1, 0.15) is 36.0 Å². The second-order valence-electron chi connectivity index (χ2n) is 9.02. The number of halogens is 4. The van der Waals surface area contributed by atoms with E-state index in [1.165, 1.54) is 12.1 Å². The number of rotatable bonds is 2. The predicted octanol–water partition coefficient (Wildman–Crippen LogP) is 4.73. The number of benzene rings is 2. The van der Waals surface area contributed by atoms with E-state index in [0.717, 1.165) is 6.07 Å². The smallest absolute Gasteiger partial charge is 0.257 e. The van der Waals surface area contributed by atoms with Crippen LogP contribution in [0.3, 0.4) is 0 Å². The average Bonchev–Trinajstić information content (AvgIpc) is 3.12. The van der Waals surface area contributed by atoms with Gasteiger partial charge in [-0.2, -0.15) is 0 Å². The van der Waals surface area contributed by atoms with E-state index in [4.69, 9.17) is 4.74 Å². The SMILES string of the molecule is CN1C(=O)c2ccc(-c3ccc(F)cc3F)cc2OC2CN(C3CCC(F)(F)CC3)CC21. The number of carbonyl (C=O) groups is 1. The van der Waals surface area contributed by atoms with Crippen molar-refractivity contribution in [3.05, 3.63) is 53.6 Å². The Morgan fingerprint density at radius 1 is 1.00 bits per heavy atom. The van der Waals surface area contributed by atoms with Crippen LogP contribution in [0.5, 0.6) is 5.75 Å². The van der Waals surface area contributed by atoms with E-state index in [9.17, 15) is 22.4 Å². The molecular formula is C24H24F4N2O2. The number of hydrogen-bond donors (Lipinski definition) is 0. The molecule has 0 aromatic heterocycles. The maximum Gasteiger partial charge on any atom is 0.257 e. The Balaban J connectivity index is 1.41. The summed E-state index contributed by atoms with van der Waals surface area (Å²) in [5.41, 5.74) is 1.09. The van der Waals surface area contributed by atoms with Gasteiger partial charge in [0.2, 0.25) is 5.92 Å². The molecule has 4 nitrogen and oxygen atoms in total. The van der Waals surface area contributed by atoms with Crippen LogP contribution in [-0.2, 0) is 0 Å². The Hall–Kier alpha value is -2.61. The first-order chi connectivity index (χ1) is 15.2. The van der Waals surface area contributed by atoms with Crippen LogP contribution in [0.2, 0.25) is 0 Å². The summed E-state index contributed by atoms with van der Waals surface area (Å²) in [5.74, 6) is -3.79. The van der Waals surface area contributed by atoms with E-state index < -0.39 is 17.6 Å². The first-order valence-corrected chi connectivity index (χ1v) is 10.9. The number of alkyl halides is 2. The lowest BCUT2D eigenvalue weighted by molar-refractivity contribution is -0.0523. The third-order valence-corrected chi connectivity index (χ3v) is 7.02. The molecule has 5 rings (SSSR count). The van der Waals surface area contributed by atoms with E-state index in [2.05, 4.69) is 4.90 Å². The van der Waals surface area contributed by atoms with Crippen molar-refractivity contribution in [3.63, 3.8) is 0 Å². The van der Waals surface area contributed by atoms with Gasteiger partial charge < -0.3 is 9.64 Å². The van der Waals surface area contributed by atoms with Crippen molar-refractivity contribution in [2.75, 3.05) is 20.1 Å². The molecule has 2 aliphatic heterocycles. The lowest BCUT2D eigenvalue weighted by Crippen LogP contribution is -2.44. The number of likely N-dealkylation sites (N-methyl/N-ethyl adjacent to an activating group) is 1. The van der Waals surface area contributed by atoms with Crippen LogP contribution in [0, 0.1) is 11.6 Å². The molecule has 2 atom stereocenters. The van der Waals surface area contributed by atoms with Crippen molar-refractivity contribution in [1.82, 2.24) is 9.80 Å². The van der Waals surface area contributed by atoms with E-state index in [1.54, 1.807) is 30.1 Å². The highest BCUT2D eigenvalue weighted by molar-refractivity contribution is 5.98. The quantitative estimate of drug-likeness (QED) is 0.623. The van der Waals surface area contributed by atoms with Gasteiger partial charge in [-0.3, -0.25) is 9.69 Å². The normalized spacial score (nSPS) is 25.8. The number of nitrogens with zero attached hydrogens (tertiary/aromatic N) is 2. The van der Waals surface area contributed by atoms with Crippen molar-refractivity contribution >= 4 is 5.91 Å². The molecule has 0 bridgehead atoms. The maximum atomic E-state index is 14.3. The molecule has 2 unspecified atom stereocenters. The van der Waals surface area contributed by atoms with Gasteiger partial charge in [-0.1, -0.05) is 6.07 Å². The number of amides is 1. The van der Waals surface area contributed by atoms with Crippen molar-refractivity contribution in [2.45, 2.75) is 49.8 Å². The molecule has 170 valence electrons. The molecule has 1 saturated heterocycles. The van der Waals surface area contributed by atoms with Gasteiger partial charge in [0.1, 0.15) is 23.5 Å². The van der Waals surface area contributed by atoms with Gasteiger partial charge in [-0.05, 0) is 42.7 Å². The van der Waals surface area contributed by atoms with Crippen LogP contribution in [0.15, 0.2) is 36.4 Å². The lowest BCUT2D eigenvalue weighted by atomic mass is 9.91. The van der Waals surface area contributed by atoms with E-state index in [0.29, 0.717) is 42.8 Å². The second kappa shape index (κ2) is 7.76. The summed E-state index contributed by atoms with van der Waals surface area (Å²) in [6.45, 7) is 1.10. The number of ether oxygens (including phenoxy) is 1. The van der Waals surface area contributed by atoms with E-state index in [1.807, 2.05) is 0 Å². The Bertz CT molecular complexity index is 1050. The van der Waals surface area contributed by atoms with Gasteiger partial charge in [-0.15, -0.1) is 0 Å². The fourth-order valence-corrected chi connectivity index (χ4v) is 5.15. The predicted molar refractivity (Wildman–Crippen MR) is 111 cm³/mol. The average molecular weight is 448 g/mol. The summed E-state index contributed by atoms with van der Waals surface area (Å²) < 4.78 is 61.0. The molecule has 1 amide bonds. The van der Waals surface area contributed by atoms with Gasteiger partial charge >= 0.3 is 0 Å². The van der Waals surface area contributed by atoms with Crippen LogP contribution in [0.4, 0.5) is 17.6 Å². The fraction of sp³-hybridized carbons (Fsp3) is 0.458. The zero-order valence-electron chi connectivity index (χ0n) is 17.7. The molecule has 2 aromatic rings. The Kier molecular flexibility index (Phi) is 5.15. The largest absolute Gasteiger partial charge is 0.486 e. The number of likely N-dealkylation sites (tertiary alicyclic amines) is 1. The van der Waals surface area contributed by atoms with Crippen LogP contribution in [0.25, 0.3) is 11.1 Å². The molecule has 0 N–H and O–H groups in total. The van der Waals surface area contributed by atoms with Crippen LogP contribution < -0.4 is 4.74 Å². The summed E-state index contributed by atoms with van der Waals surface area (Å²) in [5, 5.41) is 0. The second-order valence-corrected chi connectivity index (χ2v) is 9.02. The number of carbonyl (C=O) groups excluding carboxylic acids is 1. The first kappa shape index (κ1) is 21.2. The van der Waals surface area contributed by atoms with Crippen molar-refractivity contribution in [1.29, 1.82) is 0 Å². The van der Waals surface area contributed by atoms with E-state index in [-0.39, 0.29) is 42.5 Å². The molecule has 2 fully saturated rings. The summed E-state index contributed by atoms with van der Waals surface area (Å²) in [6, 6.07) is 8.05. The fourth-order valence-electron chi connectivity index (χ4n) is 5.15. The Labute approximate surface area is 183 Å². The first-order valence-electron chi connectivity index (χ1n) is 10.9. The van der Waals surface area contributed by atoms with Gasteiger partial charge in [0.05, 0.1) is 11.6 Å². The van der Waals surface area contributed by atoms with Crippen LogP contribution in [-0.4, -0.2) is 60.0 Å². The van der Waals surface area contributed by atoms with E-state index >= 15 is 0 Å². The van der Waals surface area contributed by atoms with Gasteiger partial charge in [-0.25, -0.2) is 17.6 Å². The molecule has 3 aliphatic rings.